The first-order chi connectivity index (χ1) is 12.2. The molecule has 2 aromatic carbocycles. The molecule has 0 atom stereocenters. The molecule has 4 rings (SSSR count). The normalized spacial score (nSPS) is 15.6. The summed E-state index contributed by atoms with van der Waals surface area (Å²) < 4.78 is 23.7. The number of amides is 1. The van der Waals surface area contributed by atoms with Crippen molar-refractivity contribution in [3.8, 4) is 11.5 Å². The van der Waals surface area contributed by atoms with Crippen LogP contribution < -0.4 is 9.47 Å². The third-order valence-electron chi connectivity index (χ3n) is 4.35. The van der Waals surface area contributed by atoms with Crippen molar-refractivity contribution in [2.45, 2.75) is 25.4 Å². The van der Waals surface area contributed by atoms with Gasteiger partial charge in [0.05, 0.1) is 0 Å². The zero-order chi connectivity index (χ0) is 17.2. The fraction of sp³-hybridized carbons (Fsp3) is 0.250. The molecule has 1 aliphatic heterocycles. The molecule has 1 saturated carbocycles. The standard InChI is InChI=1S/C20H18FNO3/c21-16-5-1-15(2-6-16)12-22(17-7-8-17)20(23)10-4-14-3-9-18-19(11-14)25-13-24-18/h1-6,9-11,17H,7-8,12-13H2/b10-4+. The molecule has 0 N–H and O–H groups in total. The highest BCUT2D eigenvalue weighted by Gasteiger charge is 2.31. The molecule has 25 heavy (non-hydrogen) atoms. The van der Waals surface area contributed by atoms with E-state index in [1.54, 1.807) is 24.3 Å². The highest BCUT2D eigenvalue weighted by Crippen LogP contribution is 2.33. The van der Waals surface area contributed by atoms with Gasteiger partial charge in [-0.25, -0.2) is 4.39 Å². The first-order valence-electron chi connectivity index (χ1n) is 8.32. The molecule has 2 aromatic rings. The Balaban J connectivity index is 1.46. The summed E-state index contributed by atoms with van der Waals surface area (Å²) >= 11 is 0. The van der Waals surface area contributed by atoms with Crippen LogP contribution in [0.4, 0.5) is 4.39 Å². The average Bonchev–Trinajstić information content (AvgIpc) is 3.36. The minimum atomic E-state index is -0.268. The van der Waals surface area contributed by atoms with Gasteiger partial charge in [0.2, 0.25) is 12.7 Å². The predicted octanol–water partition coefficient (Wildman–Crippen LogP) is 3.76. The number of hydrogen-bond acceptors (Lipinski definition) is 3. The molecule has 0 aromatic heterocycles. The van der Waals surface area contributed by atoms with Gasteiger partial charge in [-0.05, 0) is 54.3 Å². The average molecular weight is 339 g/mol. The summed E-state index contributed by atoms with van der Waals surface area (Å²) in [6, 6.07) is 12.1. The summed E-state index contributed by atoms with van der Waals surface area (Å²) in [6.45, 7) is 0.726. The van der Waals surface area contributed by atoms with E-state index in [0.717, 1.165) is 29.7 Å². The van der Waals surface area contributed by atoms with E-state index in [1.165, 1.54) is 12.1 Å². The zero-order valence-corrected chi connectivity index (χ0v) is 13.7. The fourth-order valence-corrected chi connectivity index (χ4v) is 2.84. The van der Waals surface area contributed by atoms with E-state index in [0.29, 0.717) is 12.3 Å². The third-order valence-corrected chi connectivity index (χ3v) is 4.35. The molecule has 2 aliphatic rings. The molecule has 1 fully saturated rings. The lowest BCUT2D eigenvalue weighted by molar-refractivity contribution is -0.127. The molecule has 1 heterocycles. The van der Waals surface area contributed by atoms with Crippen LogP contribution >= 0.6 is 0 Å². The Hall–Kier alpha value is -2.82. The summed E-state index contributed by atoms with van der Waals surface area (Å²) in [4.78, 5) is 14.5. The first kappa shape index (κ1) is 15.7. The van der Waals surface area contributed by atoms with Crippen LogP contribution in [0.25, 0.3) is 6.08 Å². The lowest BCUT2D eigenvalue weighted by atomic mass is 10.1. The monoisotopic (exact) mass is 339 g/mol. The Kier molecular flexibility index (Phi) is 4.14. The van der Waals surface area contributed by atoms with Gasteiger partial charge in [-0.15, -0.1) is 0 Å². The first-order valence-corrected chi connectivity index (χ1v) is 8.32. The molecule has 0 bridgehead atoms. The van der Waals surface area contributed by atoms with E-state index in [9.17, 15) is 9.18 Å². The summed E-state index contributed by atoms with van der Waals surface area (Å²) in [5.74, 6) is 1.11. The van der Waals surface area contributed by atoms with Crippen LogP contribution in [0.2, 0.25) is 0 Å². The molecule has 1 aliphatic carbocycles. The van der Waals surface area contributed by atoms with Gasteiger partial charge < -0.3 is 14.4 Å². The summed E-state index contributed by atoms with van der Waals surface area (Å²) in [7, 11) is 0. The largest absolute Gasteiger partial charge is 0.454 e. The van der Waals surface area contributed by atoms with Gasteiger partial charge in [0, 0.05) is 18.7 Å². The SMILES string of the molecule is O=C(/C=C/c1ccc2c(c1)OCO2)N(Cc1ccc(F)cc1)C1CC1. The second-order valence-electron chi connectivity index (χ2n) is 6.27. The van der Waals surface area contributed by atoms with Gasteiger partial charge >= 0.3 is 0 Å². The zero-order valence-electron chi connectivity index (χ0n) is 13.7. The van der Waals surface area contributed by atoms with Gasteiger partial charge in [0.15, 0.2) is 11.5 Å². The van der Waals surface area contributed by atoms with E-state index in [2.05, 4.69) is 0 Å². The van der Waals surface area contributed by atoms with Gasteiger partial charge in [-0.3, -0.25) is 4.79 Å². The Morgan fingerprint density at radius 1 is 1.12 bits per heavy atom. The summed E-state index contributed by atoms with van der Waals surface area (Å²) in [6.07, 6.45) is 5.40. The van der Waals surface area contributed by atoms with Gasteiger partial charge in [0.1, 0.15) is 5.82 Å². The lowest BCUT2D eigenvalue weighted by Crippen LogP contribution is -2.31. The van der Waals surface area contributed by atoms with Crippen LogP contribution in [0.5, 0.6) is 11.5 Å². The van der Waals surface area contributed by atoms with Crippen LogP contribution in [0.3, 0.4) is 0 Å². The Labute approximate surface area is 145 Å². The van der Waals surface area contributed by atoms with Crippen molar-refractivity contribution in [1.82, 2.24) is 4.90 Å². The van der Waals surface area contributed by atoms with E-state index in [1.807, 2.05) is 23.1 Å². The van der Waals surface area contributed by atoms with Crippen molar-refractivity contribution >= 4 is 12.0 Å². The molecule has 0 radical (unpaired) electrons. The van der Waals surface area contributed by atoms with Crippen molar-refractivity contribution in [3.05, 3.63) is 65.5 Å². The molecule has 5 heteroatoms. The number of ether oxygens (including phenoxy) is 2. The van der Waals surface area contributed by atoms with E-state index >= 15 is 0 Å². The Bertz CT molecular complexity index is 812. The maximum Gasteiger partial charge on any atom is 0.247 e. The van der Waals surface area contributed by atoms with Crippen LogP contribution in [0.15, 0.2) is 48.5 Å². The number of nitrogens with zero attached hydrogens (tertiary/aromatic N) is 1. The number of carbonyl (C=O) groups excluding carboxylic acids is 1. The summed E-state index contributed by atoms with van der Waals surface area (Å²) in [5.41, 5.74) is 1.81. The van der Waals surface area contributed by atoms with E-state index < -0.39 is 0 Å². The molecule has 1 amide bonds. The van der Waals surface area contributed by atoms with E-state index in [4.69, 9.17) is 9.47 Å². The van der Waals surface area contributed by atoms with Crippen molar-refractivity contribution in [3.63, 3.8) is 0 Å². The molecule has 0 spiro atoms. The fourth-order valence-electron chi connectivity index (χ4n) is 2.84. The second-order valence-corrected chi connectivity index (χ2v) is 6.27. The topological polar surface area (TPSA) is 38.8 Å². The quantitative estimate of drug-likeness (QED) is 0.779. The van der Waals surface area contributed by atoms with Crippen molar-refractivity contribution in [2.75, 3.05) is 6.79 Å². The smallest absolute Gasteiger partial charge is 0.247 e. The number of fused-ring (bicyclic) bond motifs is 1. The van der Waals surface area contributed by atoms with Gasteiger partial charge in [-0.1, -0.05) is 18.2 Å². The molecular weight excluding hydrogens is 321 g/mol. The number of benzene rings is 2. The summed E-state index contributed by atoms with van der Waals surface area (Å²) in [5, 5.41) is 0. The number of rotatable bonds is 5. The lowest BCUT2D eigenvalue weighted by Gasteiger charge is -2.21. The highest BCUT2D eigenvalue weighted by atomic mass is 19.1. The van der Waals surface area contributed by atoms with Crippen LogP contribution in [0, 0.1) is 5.82 Å². The number of hydrogen-bond donors (Lipinski definition) is 0. The Morgan fingerprint density at radius 2 is 1.88 bits per heavy atom. The maximum absolute atomic E-state index is 13.0. The highest BCUT2D eigenvalue weighted by molar-refractivity contribution is 5.92. The van der Waals surface area contributed by atoms with Crippen molar-refractivity contribution in [2.24, 2.45) is 0 Å². The number of carbonyl (C=O) groups is 1. The molecular formula is C20H18FNO3. The van der Waals surface area contributed by atoms with Crippen LogP contribution in [-0.4, -0.2) is 23.6 Å². The number of halogens is 1. The predicted molar refractivity (Wildman–Crippen MR) is 91.6 cm³/mol. The van der Waals surface area contributed by atoms with Crippen LogP contribution in [-0.2, 0) is 11.3 Å². The van der Waals surface area contributed by atoms with Crippen molar-refractivity contribution < 1.29 is 18.7 Å². The van der Waals surface area contributed by atoms with Gasteiger partial charge in [0.25, 0.3) is 0 Å². The molecule has 128 valence electrons. The maximum atomic E-state index is 13.0. The van der Waals surface area contributed by atoms with E-state index in [-0.39, 0.29) is 24.6 Å². The van der Waals surface area contributed by atoms with Crippen molar-refractivity contribution in [1.29, 1.82) is 0 Å². The minimum Gasteiger partial charge on any atom is -0.454 e. The minimum absolute atomic E-state index is 0.0375. The third kappa shape index (κ3) is 3.65. The molecule has 0 unspecified atom stereocenters. The molecule has 4 nitrogen and oxygen atoms in total. The second kappa shape index (κ2) is 6.59. The Morgan fingerprint density at radius 3 is 2.64 bits per heavy atom. The van der Waals surface area contributed by atoms with Crippen LogP contribution in [0.1, 0.15) is 24.0 Å². The molecule has 0 saturated heterocycles. The van der Waals surface area contributed by atoms with Gasteiger partial charge in [-0.2, -0.15) is 0 Å².